The second kappa shape index (κ2) is 5.89. The second-order valence-corrected chi connectivity index (χ2v) is 7.04. The third-order valence-corrected chi connectivity index (χ3v) is 4.66. The Kier molecular flexibility index (Phi) is 4.65. The van der Waals surface area contributed by atoms with E-state index in [1.165, 1.54) is 0 Å². The first-order valence-electron chi connectivity index (χ1n) is 7.23. The van der Waals surface area contributed by atoms with Gasteiger partial charge in [-0.25, -0.2) is 0 Å². The summed E-state index contributed by atoms with van der Waals surface area (Å²) >= 11 is 5.99. The van der Waals surface area contributed by atoms with Crippen molar-refractivity contribution < 1.29 is 19.5 Å². The van der Waals surface area contributed by atoms with Gasteiger partial charge in [-0.3, -0.25) is 0 Å². The summed E-state index contributed by atoms with van der Waals surface area (Å²) in [6.07, 6.45) is 1.78. The average Bonchev–Trinajstić information content (AvgIpc) is 2.61. The standard InChI is InChI=1S/C16H22BClO4/c1-10-6-11(8-13(18)14(10)20)7-12(9-19)17-21-15(2,3)16(4,5)22-17/h6-8,19-20H,9H2,1-5H3. The molecule has 1 aromatic rings. The summed E-state index contributed by atoms with van der Waals surface area (Å²) in [5, 5.41) is 19.7. The molecule has 0 aliphatic carbocycles. The molecule has 1 aliphatic rings. The van der Waals surface area contributed by atoms with Crippen LogP contribution >= 0.6 is 11.6 Å². The van der Waals surface area contributed by atoms with E-state index >= 15 is 0 Å². The number of aromatic hydroxyl groups is 1. The largest absolute Gasteiger partial charge is 0.506 e. The Bertz CT molecular complexity index is 571. The molecule has 1 fully saturated rings. The van der Waals surface area contributed by atoms with E-state index in [0.717, 1.165) is 5.56 Å². The van der Waals surface area contributed by atoms with Crippen molar-refractivity contribution >= 4 is 24.8 Å². The number of aliphatic hydroxyl groups excluding tert-OH is 1. The minimum atomic E-state index is -0.608. The molecular formula is C16H22BClO4. The highest BCUT2D eigenvalue weighted by Gasteiger charge is 2.52. The van der Waals surface area contributed by atoms with Crippen LogP contribution in [0.25, 0.3) is 6.08 Å². The molecule has 22 heavy (non-hydrogen) atoms. The lowest BCUT2D eigenvalue weighted by Crippen LogP contribution is -2.41. The predicted octanol–water partition coefficient (Wildman–Crippen LogP) is 3.36. The Morgan fingerprint density at radius 2 is 1.77 bits per heavy atom. The first-order valence-corrected chi connectivity index (χ1v) is 7.61. The number of rotatable bonds is 3. The highest BCUT2D eigenvalue weighted by atomic mass is 35.5. The van der Waals surface area contributed by atoms with Gasteiger partial charge >= 0.3 is 7.12 Å². The fourth-order valence-corrected chi connectivity index (χ4v) is 2.52. The van der Waals surface area contributed by atoms with Crippen molar-refractivity contribution in [2.24, 2.45) is 0 Å². The van der Waals surface area contributed by atoms with E-state index in [2.05, 4.69) is 0 Å². The smallest absolute Gasteiger partial charge is 0.492 e. The maximum Gasteiger partial charge on any atom is 0.492 e. The van der Waals surface area contributed by atoms with Gasteiger partial charge in [0.05, 0.1) is 22.8 Å². The average molecular weight is 325 g/mol. The van der Waals surface area contributed by atoms with Crippen LogP contribution in [0.3, 0.4) is 0 Å². The second-order valence-electron chi connectivity index (χ2n) is 6.63. The van der Waals surface area contributed by atoms with Crippen LogP contribution in [0.4, 0.5) is 0 Å². The molecule has 0 aromatic heterocycles. The number of hydrogen-bond donors (Lipinski definition) is 2. The molecular weight excluding hydrogens is 302 g/mol. The van der Waals surface area contributed by atoms with Crippen LogP contribution in [-0.4, -0.2) is 35.1 Å². The van der Waals surface area contributed by atoms with Crippen molar-refractivity contribution in [3.05, 3.63) is 33.8 Å². The van der Waals surface area contributed by atoms with Gasteiger partial charge in [0.25, 0.3) is 0 Å². The van der Waals surface area contributed by atoms with Gasteiger partial charge in [-0.15, -0.1) is 0 Å². The number of aryl methyl sites for hydroxylation is 1. The van der Waals surface area contributed by atoms with Crippen molar-refractivity contribution in [3.8, 4) is 5.75 Å². The van der Waals surface area contributed by atoms with E-state index in [-0.39, 0.29) is 17.4 Å². The van der Waals surface area contributed by atoms with Crippen molar-refractivity contribution in [1.29, 1.82) is 0 Å². The molecule has 0 saturated carbocycles. The summed E-state index contributed by atoms with van der Waals surface area (Å²) in [6.45, 7) is 9.43. The number of phenols is 1. The predicted molar refractivity (Wildman–Crippen MR) is 89.0 cm³/mol. The van der Waals surface area contributed by atoms with Crippen molar-refractivity contribution in [1.82, 2.24) is 0 Å². The molecule has 2 N–H and O–H groups in total. The molecule has 1 aliphatic heterocycles. The summed E-state index contributed by atoms with van der Waals surface area (Å²) in [4.78, 5) is 0. The zero-order valence-corrected chi connectivity index (χ0v) is 14.4. The quantitative estimate of drug-likeness (QED) is 0.837. The normalized spacial score (nSPS) is 20.5. The number of aliphatic hydroxyl groups is 1. The Hall–Kier alpha value is -1.01. The van der Waals surface area contributed by atoms with Crippen LogP contribution in [0.5, 0.6) is 5.75 Å². The van der Waals surface area contributed by atoms with Crippen LogP contribution in [-0.2, 0) is 9.31 Å². The Morgan fingerprint density at radius 3 is 2.23 bits per heavy atom. The molecule has 120 valence electrons. The van der Waals surface area contributed by atoms with Gasteiger partial charge in [-0.1, -0.05) is 17.7 Å². The maximum absolute atomic E-state index is 9.72. The highest BCUT2D eigenvalue weighted by Crippen LogP contribution is 2.39. The third-order valence-electron chi connectivity index (χ3n) is 4.37. The fraction of sp³-hybridized carbons (Fsp3) is 0.500. The zero-order valence-electron chi connectivity index (χ0n) is 13.6. The molecule has 0 radical (unpaired) electrons. The van der Waals surface area contributed by atoms with Crippen molar-refractivity contribution in [3.63, 3.8) is 0 Å². The number of halogens is 1. The molecule has 1 aromatic carbocycles. The summed E-state index contributed by atoms with van der Waals surface area (Å²) in [6, 6.07) is 3.44. The maximum atomic E-state index is 9.72. The van der Waals surface area contributed by atoms with E-state index in [9.17, 15) is 10.2 Å². The number of hydrogen-bond acceptors (Lipinski definition) is 4. The van der Waals surface area contributed by atoms with Crippen LogP contribution in [0, 0.1) is 6.92 Å². The van der Waals surface area contributed by atoms with Crippen LogP contribution in [0.1, 0.15) is 38.8 Å². The number of benzene rings is 1. The lowest BCUT2D eigenvalue weighted by molar-refractivity contribution is 0.00578. The van der Waals surface area contributed by atoms with Gasteiger partial charge in [0, 0.05) is 0 Å². The third kappa shape index (κ3) is 3.18. The lowest BCUT2D eigenvalue weighted by atomic mass is 9.77. The molecule has 1 saturated heterocycles. The van der Waals surface area contributed by atoms with Crippen molar-refractivity contribution in [2.45, 2.75) is 45.8 Å². The van der Waals surface area contributed by atoms with Gasteiger partial charge in [0.1, 0.15) is 5.75 Å². The molecule has 0 atom stereocenters. The molecule has 1 heterocycles. The van der Waals surface area contributed by atoms with Crippen LogP contribution in [0.15, 0.2) is 17.6 Å². The zero-order chi connectivity index (χ0) is 16.7. The topological polar surface area (TPSA) is 58.9 Å². The minimum absolute atomic E-state index is 0.0694. The molecule has 4 nitrogen and oxygen atoms in total. The van der Waals surface area contributed by atoms with Gasteiger partial charge in [0.15, 0.2) is 0 Å². The SMILES string of the molecule is Cc1cc(C=C(CO)B2OC(C)(C)C(C)(C)O2)cc(Cl)c1O. The van der Waals surface area contributed by atoms with Gasteiger partial charge < -0.3 is 19.5 Å². The van der Waals surface area contributed by atoms with E-state index in [1.54, 1.807) is 25.1 Å². The number of phenolic OH excluding ortho intramolecular Hbond substituents is 1. The van der Waals surface area contributed by atoms with Crippen LogP contribution in [0.2, 0.25) is 5.02 Å². The van der Waals surface area contributed by atoms with E-state index in [1.807, 2.05) is 27.7 Å². The van der Waals surface area contributed by atoms with Gasteiger partial charge in [0.2, 0.25) is 0 Å². The van der Waals surface area contributed by atoms with Crippen LogP contribution < -0.4 is 0 Å². The minimum Gasteiger partial charge on any atom is -0.506 e. The first-order chi connectivity index (χ1) is 10.1. The summed E-state index contributed by atoms with van der Waals surface area (Å²) in [5.74, 6) is 0.0694. The first kappa shape index (κ1) is 17.4. The molecule has 0 unspecified atom stereocenters. The molecule has 6 heteroatoms. The summed E-state index contributed by atoms with van der Waals surface area (Å²) in [5.41, 5.74) is 1.13. The van der Waals surface area contributed by atoms with E-state index in [0.29, 0.717) is 11.0 Å². The monoisotopic (exact) mass is 324 g/mol. The van der Waals surface area contributed by atoms with E-state index < -0.39 is 18.3 Å². The Labute approximate surface area is 136 Å². The molecule has 0 bridgehead atoms. The van der Waals surface area contributed by atoms with Gasteiger partial charge in [-0.2, -0.15) is 0 Å². The van der Waals surface area contributed by atoms with Gasteiger partial charge in [-0.05, 0) is 63.4 Å². The molecule has 2 rings (SSSR count). The molecule has 0 amide bonds. The Morgan fingerprint density at radius 1 is 1.23 bits per heavy atom. The summed E-state index contributed by atoms with van der Waals surface area (Å²) in [7, 11) is -0.608. The Balaban J connectivity index is 2.34. The highest BCUT2D eigenvalue weighted by molar-refractivity contribution is 6.55. The fourth-order valence-electron chi connectivity index (χ4n) is 2.24. The summed E-state index contributed by atoms with van der Waals surface area (Å²) < 4.78 is 11.9. The van der Waals surface area contributed by atoms with Crippen molar-refractivity contribution in [2.75, 3.05) is 6.61 Å². The molecule has 0 spiro atoms. The lowest BCUT2D eigenvalue weighted by Gasteiger charge is -2.32. The van der Waals surface area contributed by atoms with E-state index in [4.69, 9.17) is 20.9 Å².